The molecule has 1 heterocycles. The lowest BCUT2D eigenvalue weighted by Crippen LogP contribution is -2.66. The molecule has 0 radical (unpaired) electrons. The maximum atomic E-state index is 13.8. The molecular weight excluding hydrogens is 935 g/mol. The van der Waals surface area contributed by atoms with Crippen molar-refractivity contribution >= 4 is 28.2 Å². The van der Waals surface area contributed by atoms with Crippen LogP contribution in [0.3, 0.4) is 0 Å². The van der Waals surface area contributed by atoms with Crippen molar-refractivity contribution in [3.63, 3.8) is 0 Å². The highest BCUT2D eigenvalue weighted by molar-refractivity contribution is 7.80. The maximum absolute atomic E-state index is 13.8. The molecule has 0 aliphatic carbocycles. The third-order valence-corrected chi connectivity index (χ3v) is 14.9. The summed E-state index contributed by atoms with van der Waals surface area (Å²) in [6.45, 7) is 5.86. The number of ether oxygens (including phenoxy) is 3. The van der Waals surface area contributed by atoms with Gasteiger partial charge >= 0.3 is 22.3 Å². The van der Waals surface area contributed by atoms with Gasteiger partial charge in [-0.1, -0.05) is 265 Å². The number of unbranched alkanes of at least 4 members (excludes halogenated alkanes) is 38. The van der Waals surface area contributed by atoms with Crippen LogP contribution in [0.5, 0.6) is 0 Å². The van der Waals surface area contributed by atoms with Crippen molar-refractivity contribution < 1.29 is 56.0 Å². The van der Waals surface area contributed by atoms with Gasteiger partial charge in [-0.2, -0.15) is 8.42 Å². The molecule has 1 amide bonds. The Labute approximate surface area is 440 Å². The molecule has 0 spiro atoms. The van der Waals surface area contributed by atoms with Crippen LogP contribution in [0.2, 0.25) is 0 Å². The highest BCUT2D eigenvalue weighted by atomic mass is 32.3. The Hall–Kier alpha value is -1.84. The molecule has 4 N–H and O–H groups in total. The lowest BCUT2D eigenvalue weighted by molar-refractivity contribution is -0.254. The maximum Gasteiger partial charge on any atom is 0.397 e. The van der Waals surface area contributed by atoms with Gasteiger partial charge in [0.15, 0.2) is 12.4 Å². The average molecular weight is 1050 g/mol. The van der Waals surface area contributed by atoms with Crippen LogP contribution in [-0.2, 0) is 43.2 Å². The number of hydrogen-bond acceptors (Lipinski definition) is 11. The highest BCUT2D eigenvalue weighted by Crippen LogP contribution is 2.28. The van der Waals surface area contributed by atoms with Crippen molar-refractivity contribution in [2.75, 3.05) is 6.61 Å². The van der Waals surface area contributed by atoms with Gasteiger partial charge in [0.2, 0.25) is 5.91 Å². The van der Waals surface area contributed by atoms with E-state index in [0.29, 0.717) is 19.3 Å². The van der Waals surface area contributed by atoms with E-state index in [4.69, 9.17) is 18.4 Å². The minimum absolute atomic E-state index is 0.00881. The molecule has 1 aliphatic heterocycles. The van der Waals surface area contributed by atoms with E-state index in [-0.39, 0.29) is 25.2 Å². The number of carbonyl (C=O) groups excluding carboxylic acids is 3. The summed E-state index contributed by atoms with van der Waals surface area (Å²) in [5.74, 6) is -1.74. The van der Waals surface area contributed by atoms with Crippen molar-refractivity contribution in [3.8, 4) is 0 Å². The predicted octanol–water partition coefficient (Wildman–Crippen LogP) is 14.8. The van der Waals surface area contributed by atoms with Gasteiger partial charge in [-0.3, -0.25) is 18.9 Å². The second-order valence-corrected chi connectivity index (χ2v) is 22.4. The lowest BCUT2D eigenvalue weighted by atomic mass is 9.96. The monoisotopic (exact) mass is 1050 g/mol. The summed E-state index contributed by atoms with van der Waals surface area (Å²) < 4.78 is 55.7. The topological polar surface area (TPSA) is 195 Å². The molecule has 72 heavy (non-hydrogen) atoms. The first-order valence-corrected chi connectivity index (χ1v) is 31.6. The molecule has 1 saturated heterocycles. The number of rotatable bonds is 52. The van der Waals surface area contributed by atoms with Crippen LogP contribution in [-0.4, -0.2) is 84.4 Å². The second kappa shape index (κ2) is 47.6. The fourth-order valence-electron chi connectivity index (χ4n) is 10.0. The summed E-state index contributed by atoms with van der Waals surface area (Å²) in [6, 6.07) is -1.53. The Morgan fingerprint density at radius 1 is 0.500 bits per heavy atom. The standard InChI is InChI=1S/C58H111NO12S/c1-4-7-10-13-16-19-21-23-25-27-29-31-34-37-40-43-46-53(62)68-50(45-42-39-36-33-18-15-12-9-6-3)48-52(61)59-55-57(56(71-72(65,66)67)51(49-60)69-58(55)64)70-54(63)47-44-41-38-35-32-30-28-26-24-22-20-17-14-11-8-5-2/h50-51,55-58,60,64H,4-49H2,1-3H3,(H,59,61)(H,65,66,67)/t50?,51-,55-,56-,57-,58?/m1/s1. The van der Waals surface area contributed by atoms with Crippen LogP contribution in [0.15, 0.2) is 0 Å². The summed E-state index contributed by atoms with van der Waals surface area (Å²) in [5, 5.41) is 23.8. The first-order valence-electron chi connectivity index (χ1n) is 30.2. The zero-order valence-electron chi connectivity index (χ0n) is 46.4. The van der Waals surface area contributed by atoms with Crippen LogP contribution in [0.25, 0.3) is 0 Å². The van der Waals surface area contributed by atoms with E-state index < -0.39 is 65.6 Å². The number of amides is 1. The third kappa shape index (κ3) is 39.6. The van der Waals surface area contributed by atoms with Gasteiger partial charge in [0, 0.05) is 12.8 Å². The van der Waals surface area contributed by atoms with Gasteiger partial charge in [-0.05, 0) is 25.7 Å². The Bertz CT molecular complexity index is 1380. The fraction of sp³-hybridized carbons (Fsp3) is 0.948. The molecule has 426 valence electrons. The van der Waals surface area contributed by atoms with E-state index in [9.17, 15) is 37.6 Å². The summed E-state index contributed by atoms with van der Waals surface area (Å²) >= 11 is 0. The molecule has 13 nitrogen and oxygen atoms in total. The summed E-state index contributed by atoms with van der Waals surface area (Å²) in [6.07, 6.45) is 41.3. The molecule has 6 atom stereocenters. The molecule has 1 rings (SSSR count). The number of nitrogens with one attached hydrogen (secondary N) is 1. The van der Waals surface area contributed by atoms with E-state index >= 15 is 0 Å². The molecule has 2 unspecified atom stereocenters. The Kier molecular flexibility index (Phi) is 45.1. The lowest BCUT2D eigenvalue weighted by Gasteiger charge is -2.43. The van der Waals surface area contributed by atoms with Crippen molar-refractivity contribution in [2.45, 2.75) is 346 Å². The van der Waals surface area contributed by atoms with E-state index in [1.165, 1.54) is 180 Å². The van der Waals surface area contributed by atoms with E-state index in [1.54, 1.807) is 0 Å². The van der Waals surface area contributed by atoms with Crippen LogP contribution in [0.4, 0.5) is 0 Å². The van der Waals surface area contributed by atoms with E-state index in [1.807, 2.05) is 0 Å². The SMILES string of the molecule is CCCCCCCCCCCCCCCCCCC(=O)OC(CCCCCCCCCCC)CC(=O)N[C@H]1C(O)O[C@H](CO)[C@@H](OS(=O)(=O)O)[C@@H]1OC(=O)CCCCCCCCCCCCCCCCCC. The largest absolute Gasteiger partial charge is 0.462 e. The molecule has 1 fully saturated rings. The molecule has 0 aromatic carbocycles. The minimum atomic E-state index is -5.16. The zero-order valence-corrected chi connectivity index (χ0v) is 47.2. The molecular formula is C58H111NO12S. The summed E-state index contributed by atoms with van der Waals surface area (Å²) in [7, 11) is -5.16. The van der Waals surface area contributed by atoms with Crippen LogP contribution in [0.1, 0.15) is 310 Å². The van der Waals surface area contributed by atoms with E-state index in [2.05, 4.69) is 26.1 Å². The number of aliphatic hydroxyl groups excluding tert-OH is 2. The summed E-state index contributed by atoms with van der Waals surface area (Å²) in [4.78, 5) is 40.2. The Morgan fingerprint density at radius 2 is 0.833 bits per heavy atom. The van der Waals surface area contributed by atoms with Gasteiger partial charge < -0.3 is 29.7 Å². The number of carbonyl (C=O) groups is 3. The van der Waals surface area contributed by atoms with Crippen LogP contribution in [0, 0.1) is 0 Å². The van der Waals surface area contributed by atoms with Gasteiger partial charge in [-0.25, -0.2) is 4.18 Å². The Balaban J connectivity index is 2.73. The molecule has 14 heteroatoms. The van der Waals surface area contributed by atoms with Crippen molar-refractivity contribution in [1.82, 2.24) is 5.32 Å². The smallest absolute Gasteiger partial charge is 0.397 e. The van der Waals surface area contributed by atoms with E-state index in [0.717, 1.165) is 70.6 Å². The van der Waals surface area contributed by atoms with Crippen LogP contribution >= 0.6 is 0 Å². The third-order valence-electron chi connectivity index (χ3n) is 14.5. The molecule has 0 saturated carbocycles. The zero-order chi connectivity index (χ0) is 52.8. The summed E-state index contributed by atoms with van der Waals surface area (Å²) in [5.41, 5.74) is 0. The predicted molar refractivity (Wildman–Crippen MR) is 291 cm³/mol. The van der Waals surface area contributed by atoms with Gasteiger partial charge in [-0.15, -0.1) is 0 Å². The number of esters is 2. The van der Waals surface area contributed by atoms with Gasteiger partial charge in [0.1, 0.15) is 24.4 Å². The van der Waals surface area contributed by atoms with Crippen LogP contribution < -0.4 is 5.32 Å². The minimum Gasteiger partial charge on any atom is -0.462 e. The van der Waals surface area contributed by atoms with Gasteiger partial charge in [0.05, 0.1) is 13.0 Å². The molecule has 0 bridgehead atoms. The first-order chi connectivity index (χ1) is 34.9. The molecule has 0 aromatic heterocycles. The molecule has 0 aromatic rings. The average Bonchev–Trinajstić information content (AvgIpc) is 3.34. The second-order valence-electron chi connectivity index (χ2n) is 21.3. The highest BCUT2D eigenvalue weighted by Gasteiger charge is 2.50. The van der Waals surface area contributed by atoms with Crippen molar-refractivity contribution in [1.29, 1.82) is 0 Å². The normalized spacial score (nSPS) is 18.6. The van der Waals surface area contributed by atoms with Crippen molar-refractivity contribution in [2.24, 2.45) is 0 Å². The Morgan fingerprint density at radius 3 is 1.18 bits per heavy atom. The number of hydrogen-bond donors (Lipinski definition) is 4. The number of aliphatic hydroxyl groups is 2. The first kappa shape index (κ1) is 68.2. The molecule has 1 aliphatic rings. The van der Waals surface area contributed by atoms with Crippen molar-refractivity contribution in [3.05, 3.63) is 0 Å². The fourth-order valence-corrected chi connectivity index (χ4v) is 10.6. The van der Waals surface area contributed by atoms with Gasteiger partial charge in [0.25, 0.3) is 0 Å². The quantitative estimate of drug-likeness (QED) is 0.0256.